The van der Waals surface area contributed by atoms with Crippen molar-refractivity contribution in [3.63, 3.8) is 0 Å². The first-order chi connectivity index (χ1) is 11.6. The van der Waals surface area contributed by atoms with E-state index >= 15 is 0 Å². The summed E-state index contributed by atoms with van der Waals surface area (Å²) in [6.07, 6.45) is 1.24. The average Bonchev–Trinajstić information content (AvgIpc) is 2.58. The maximum absolute atomic E-state index is 12.5. The standard InChI is InChI=1S/C18H15N3O3/c19-10-13-9-15-16(20-17(13)23)6-7-21(18(15)24)11-14(22)8-12-4-2-1-3-5-12/h1-7,9,14,22H,8,11H2,(H,20,23)/t14-/m0/s1. The molecular weight excluding hydrogens is 306 g/mol. The summed E-state index contributed by atoms with van der Waals surface area (Å²) in [6.45, 7) is 0.130. The molecule has 1 aromatic carbocycles. The van der Waals surface area contributed by atoms with Gasteiger partial charge in [0.2, 0.25) is 0 Å². The number of fused-ring (bicyclic) bond motifs is 1. The van der Waals surface area contributed by atoms with Crippen molar-refractivity contribution in [2.24, 2.45) is 0 Å². The fraction of sp³-hybridized carbons (Fsp3) is 0.167. The molecule has 0 saturated heterocycles. The molecule has 0 spiro atoms. The maximum atomic E-state index is 12.5. The molecule has 0 fully saturated rings. The Morgan fingerprint density at radius 3 is 2.67 bits per heavy atom. The predicted octanol–water partition coefficient (Wildman–Crippen LogP) is 1.17. The second kappa shape index (κ2) is 6.52. The van der Waals surface area contributed by atoms with Crippen molar-refractivity contribution in [1.82, 2.24) is 9.55 Å². The van der Waals surface area contributed by atoms with Crippen LogP contribution in [0.25, 0.3) is 10.9 Å². The van der Waals surface area contributed by atoms with Crippen LogP contribution in [0.4, 0.5) is 0 Å². The summed E-state index contributed by atoms with van der Waals surface area (Å²) in [5.41, 5.74) is 0.369. The molecular formula is C18H15N3O3. The average molecular weight is 321 g/mol. The number of hydrogen-bond acceptors (Lipinski definition) is 4. The Kier molecular flexibility index (Phi) is 4.27. The number of rotatable bonds is 4. The van der Waals surface area contributed by atoms with Gasteiger partial charge in [-0.1, -0.05) is 30.3 Å². The zero-order valence-corrected chi connectivity index (χ0v) is 12.8. The molecule has 6 heteroatoms. The van der Waals surface area contributed by atoms with Gasteiger partial charge in [-0.3, -0.25) is 9.59 Å². The molecule has 0 aliphatic rings. The van der Waals surface area contributed by atoms with E-state index in [9.17, 15) is 14.7 Å². The maximum Gasteiger partial charge on any atom is 0.266 e. The molecule has 120 valence electrons. The molecule has 0 saturated carbocycles. The first-order valence-electron chi connectivity index (χ1n) is 7.47. The van der Waals surface area contributed by atoms with Crippen LogP contribution in [0.5, 0.6) is 0 Å². The van der Waals surface area contributed by atoms with Gasteiger partial charge in [-0.05, 0) is 17.7 Å². The molecule has 6 nitrogen and oxygen atoms in total. The first-order valence-corrected chi connectivity index (χ1v) is 7.47. The van der Waals surface area contributed by atoms with Crippen LogP contribution in [0.1, 0.15) is 11.1 Å². The van der Waals surface area contributed by atoms with Crippen LogP contribution < -0.4 is 11.1 Å². The molecule has 2 heterocycles. The van der Waals surface area contributed by atoms with Gasteiger partial charge in [-0.15, -0.1) is 0 Å². The summed E-state index contributed by atoms with van der Waals surface area (Å²) in [6, 6.07) is 14.2. The van der Waals surface area contributed by atoms with E-state index in [4.69, 9.17) is 5.26 Å². The Labute approximate surface area is 137 Å². The van der Waals surface area contributed by atoms with Crippen LogP contribution >= 0.6 is 0 Å². The minimum atomic E-state index is -0.722. The lowest BCUT2D eigenvalue weighted by atomic mass is 10.1. The second-order valence-electron chi connectivity index (χ2n) is 5.57. The Hall–Kier alpha value is -3.17. The lowest BCUT2D eigenvalue weighted by Crippen LogP contribution is -2.28. The van der Waals surface area contributed by atoms with Crippen molar-refractivity contribution in [3.8, 4) is 6.07 Å². The van der Waals surface area contributed by atoms with Gasteiger partial charge in [0, 0.05) is 12.6 Å². The van der Waals surface area contributed by atoms with Crippen molar-refractivity contribution in [3.05, 3.63) is 80.5 Å². The van der Waals surface area contributed by atoms with Gasteiger partial charge in [0.25, 0.3) is 11.1 Å². The Morgan fingerprint density at radius 2 is 1.96 bits per heavy atom. The van der Waals surface area contributed by atoms with E-state index in [-0.39, 0.29) is 23.1 Å². The monoisotopic (exact) mass is 321 g/mol. The number of aromatic amines is 1. The van der Waals surface area contributed by atoms with Crippen molar-refractivity contribution in [1.29, 1.82) is 5.26 Å². The van der Waals surface area contributed by atoms with Crippen molar-refractivity contribution >= 4 is 10.9 Å². The smallest absolute Gasteiger partial charge is 0.266 e. The molecule has 0 bridgehead atoms. The minimum Gasteiger partial charge on any atom is -0.391 e. The van der Waals surface area contributed by atoms with E-state index in [1.807, 2.05) is 30.3 Å². The summed E-state index contributed by atoms with van der Waals surface area (Å²) in [4.78, 5) is 26.6. The zero-order chi connectivity index (χ0) is 17.1. The normalized spacial score (nSPS) is 12.0. The van der Waals surface area contributed by atoms with Gasteiger partial charge in [0.15, 0.2) is 0 Å². The third-order valence-electron chi connectivity index (χ3n) is 3.83. The third-order valence-corrected chi connectivity index (χ3v) is 3.83. The molecule has 0 amide bonds. The van der Waals surface area contributed by atoms with Gasteiger partial charge >= 0.3 is 0 Å². The second-order valence-corrected chi connectivity index (χ2v) is 5.57. The highest BCUT2D eigenvalue weighted by Crippen LogP contribution is 2.08. The number of pyridine rings is 2. The van der Waals surface area contributed by atoms with E-state index in [1.165, 1.54) is 16.8 Å². The quantitative estimate of drug-likeness (QED) is 0.753. The SMILES string of the molecule is N#Cc1cc2c(=O)n(C[C@@H](O)Cc3ccccc3)ccc2[nH]c1=O. The summed E-state index contributed by atoms with van der Waals surface area (Å²) in [5.74, 6) is 0. The highest BCUT2D eigenvalue weighted by molar-refractivity contribution is 5.78. The van der Waals surface area contributed by atoms with E-state index in [1.54, 1.807) is 12.1 Å². The van der Waals surface area contributed by atoms with Crippen LogP contribution in [-0.4, -0.2) is 20.8 Å². The summed E-state index contributed by atoms with van der Waals surface area (Å²) < 4.78 is 1.38. The fourth-order valence-electron chi connectivity index (χ4n) is 2.64. The van der Waals surface area contributed by atoms with Gasteiger partial charge in [0.1, 0.15) is 11.6 Å². The molecule has 3 rings (SSSR count). The number of aliphatic hydroxyl groups is 1. The van der Waals surface area contributed by atoms with Gasteiger partial charge in [-0.25, -0.2) is 0 Å². The van der Waals surface area contributed by atoms with Crippen LogP contribution in [0.3, 0.4) is 0 Å². The minimum absolute atomic E-state index is 0.109. The summed E-state index contributed by atoms with van der Waals surface area (Å²) in [5, 5.41) is 19.4. The van der Waals surface area contributed by atoms with Gasteiger partial charge in [-0.2, -0.15) is 5.26 Å². The topological polar surface area (TPSA) is 98.9 Å². The molecule has 1 atom stereocenters. The molecule has 0 radical (unpaired) electrons. The third kappa shape index (κ3) is 3.12. The fourth-order valence-corrected chi connectivity index (χ4v) is 2.64. The van der Waals surface area contributed by atoms with Crippen LogP contribution in [0, 0.1) is 11.3 Å². The lowest BCUT2D eigenvalue weighted by Gasteiger charge is -2.13. The Balaban J connectivity index is 1.91. The molecule has 0 aliphatic carbocycles. The number of hydrogen-bond donors (Lipinski definition) is 2. The highest BCUT2D eigenvalue weighted by atomic mass is 16.3. The van der Waals surface area contributed by atoms with Gasteiger partial charge < -0.3 is 14.7 Å². The van der Waals surface area contributed by atoms with Crippen LogP contribution in [0.15, 0.2) is 58.3 Å². The summed E-state index contributed by atoms with van der Waals surface area (Å²) >= 11 is 0. The number of aromatic nitrogens is 2. The number of benzene rings is 1. The molecule has 0 unspecified atom stereocenters. The van der Waals surface area contributed by atoms with E-state index in [2.05, 4.69) is 4.98 Å². The summed E-state index contributed by atoms with van der Waals surface area (Å²) in [7, 11) is 0. The Morgan fingerprint density at radius 1 is 1.21 bits per heavy atom. The highest BCUT2D eigenvalue weighted by Gasteiger charge is 2.11. The number of nitrogens with one attached hydrogen (secondary N) is 1. The van der Waals surface area contributed by atoms with Gasteiger partial charge in [0.05, 0.1) is 23.6 Å². The molecule has 2 aromatic heterocycles. The molecule has 3 aromatic rings. The molecule has 0 aliphatic heterocycles. The number of nitrogens with zero attached hydrogens (tertiary/aromatic N) is 2. The van der Waals surface area contributed by atoms with E-state index in [0.29, 0.717) is 11.9 Å². The van der Waals surface area contributed by atoms with E-state index < -0.39 is 11.7 Å². The van der Waals surface area contributed by atoms with Crippen LogP contribution in [0.2, 0.25) is 0 Å². The largest absolute Gasteiger partial charge is 0.391 e. The first kappa shape index (κ1) is 15.7. The van der Waals surface area contributed by atoms with Crippen molar-refractivity contribution in [2.45, 2.75) is 19.1 Å². The van der Waals surface area contributed by atoms with Crippen molar-refractivity contribution in [2.75, 3.05) is 0 Å². The number of H-pyrrole nitrogens is 1. The molecule has 24 heavy (non-hydrogen) atoms. The molecule has 2 N–H and O–H groups in total. The number of nitriles is 1. The zero-order valence-electron chi connectivity index (χ0n) is 12.8. The van der Waals surface area contributed by atoms with Crippen molar-refractivity contribution < 1.29 is 5.11 Å². The lowest BCUT2D eigenvalue weighted by molar-refractivity contribution is 0.153. The Bertz CT molecular complexity index is 1030. The van der Waals surface area contributed by atoms with E-state index in [0.717, 1.165) is 5.56 Å². The van der Waals surface area contributed by atoms with Crippen LogP contribution in [-0.2, 0) is 13.0 Å². The predicted molar refractivity (Wildman–Crippen MR) is 89.7 cm³/mol. The number of aliphatic hydroxyl groups excluding tert-OH is 1.